The SMILES string of the molecule is Cn1ncc(N2CC=C(c3ccc4c(c3)OCCO4)CC2)c(Br)c1=O. The molecule has 7 heteroatoms. The van der Waals surface area contributed by atoms with Crippen molar-refractivity contribution in [2.75, 3.05) is 31.2 Å². The standard InChI is InChI=1S/C18H18BrN3O3/c1-21-18(23)17(19)14(11-20-21)22-6-4-12(5-7-22)13-2-3-15-16(10-13)25-9-8-24-15/h2-4,10-11H,5-9H2,1H3. The maximum atomic E-state index is 12.0. The van der Waals surface area contributed by atoms with E-state index in [0.717, 1.165) is 42.3 Å². The highest BCUT2D eigenvalue weighted by atomic mass is 79.9. The van der Waals surface area contributed by atoms with Crippen LogP contribution in [0.15, 0.2) is 39.7 Å². The van der Waals surface area contributed by atoms with Gasteiger partial charge in [-0.3, -0.25) is 4.79 Å². The number of halogens is 1. The van der Waals surface area contributed by atoms with Crippen LogP contribution in [0.4, 0.5) is 5.69 Å². The van der Waals surface area contributed by atoms with Crippen LogP contribution in [0.1, 0.15) is 12.0 Å². The van der Waals surface area contributed by atoms with Crippen molar-refractivity contribution in [1.82, 2.24) is 9.78 Å². The molecule has 0 bridgehead atoms. The summed E-state index contributed by atoms with van der Waals surface area (Å²) in [5.41, 5.74) is 3.14. The number of nitrogens with zero attached hydrogens (tertiary/aromatic N) is 3. The zero-order chi connectivity index (χ0) is 17.4. The second-order valence-electron chi connectivity index (χ2n) is 6.06. The fourth-order valence-electron chi connectivity index (χ4n) is 3.12. The minimum absolute atomic E-state index is 0.126. The monoisotopic (exact) mass is 403 g/mol. The molecule has 0 amide bonds. The first-order valence-electron chi connectivity index (χ1n) is 8.19. The fraction of sp³-hybridized carbons (Fsp3) is 0.333. The summed E-state index contributed by atoms with van der Waals surface area (Å²) in [5.74, 6) is 1.62. The Hall–Kier alpha value is -2.28. The Kier molecular flexibility index (Phi) is 4.25. The molecular weight excluding hydrogens is 386 g/mol. The third kappa shape index (κ3) is 3.04. The van der Waals surface area contributed by atoms with E-state index in [1.54, 1.807) is 13.2 Å². The average Bonchev–Trinajstić information content (AvgIpc) is 2.66. The Morgan fingerprint density at radius 2 is 2.00 bits per heavy atom. The summed E-state index contributed by atoms with van der Waals surface area (Å²) in [5, 5.41) is 4.12. The molecule has 0 spiro atoms. The Bertz CT molecular complexity index is 907. The predicted molar refractivity (Wildman–Crippen MR) is 99.4 cm³/mol. The molecule has 0 saturated carbocycles. The maximum Gasteiger partial charge on any atom is 0.282 e. The normalized spacial score (nSPS) is 16.6. The number of aryl methyl sites for hydroxylation is 1. The van der Waals surface area contributed by atoms with E-state index in [4.69, 9.17) is 9.47 Å². The predicted octanol–water partition coefficient (Wildman–Crippen LogP) is 2.61. The van der Waals surface area contributed by atoms with E-state index < -0.39 is 0 Å². The van der Waals surface area contributed by atoms with Crippen LogP contribution in [-0.2, 0) is 7.05 Å². The van der Waals surface area contributed by atoms with Crippen LogP contribution in [-0.4, -0.2) is 36.1 Å². The Balaban J connectivity index is 1.57. The van der Waals surface area contributed by atoms with Crippen molar-refractivity contribution in [3.63, 3.8) is 0 Å². The fourth-order valence-corrected chi connectivity index (χ4v) is 3.73. The summed E-state index contributed by atoms with van der Waals surface area (Å²) in [6, 6.07) is 6.09. The molecule has 2 aromatic rings. The van der Waals surface area contributed by atoms with E-state index in [1.807, 2.05) is 12.1 Å². The number of rotatable bonds is 2. The van der Waals surface area contributed by atoms with Crippen LogP contribution in [0.2, 0.25) is 0 Å². The smallest absolute Gasteiger partial charge is 0.282 e. The van der Waals surface area contributed by atoms with E-state index in [1.165, 1.54) is 10.3 Å². The van der Waals surface area contributed by atoms with Crippen LogP contribution in [0.25, 0.3) is 5.57 Å². The van der Waals surface area contributed by atoms with E-state index in [-0.39, 0.29) is 5.56 Å². The largest absolute Gasteiger partial charge is 0.486 e. The minimum atomic E-state index is -0.126. The van der Waals surface area contributed by atoms with Crippen molar-refractivity contribution < 1.29 is 9.47 Å². The third-order valence-corrected chi connectivity index (χ3v) is 5.27. The number of benzene rings is 1. The lowest BCUT2D eigenvalue weighted by Gasteiger charge is -2.29. The van der Waals surface area contributed by atoms with Gasteiger partial charge in [0.1, 0.15) is 17.7 Å². The molecule has 0 saturated heterocycles. The van der Waals surface area contributed by atoms with Gasteiger partial charge in [-0.05, 0) is 45.6 Å². The lowest BCUT2D eigenvalue weighted by Crippen LogP contribution is -2.31. The molecule has 1 aromatic heterocycles. The van der Waals surface area contributed by atoms with Crippen molar-refractivity contribution in [3.8, 4) is 11.5 Å². The van der Waals surface area contributed by atoms with Gasteiger partial charge in [0.15, 0.2) is 11.5 Å². The van der Waals surface area contributed by atoms with Gasteiger partial charge in [0.05, 0.1) is 11.9 Å². The summed E-state index contributed by atoms with van der Waals surface area (Å²) < 4.78 is 13.1. The summed E-state index contributed by atoms with van der Waals surface area (Å²) in [4.78, 5) is 14.2. The number of fused-ring (bicyclic) bond motifs is 1. The van der Waals surface area contributed by atoms with Gasteiger partial charge in [-0.1, -0.05) is 12.1 Å². The lowest BCUT2D eigenvalue weighted by atomic mass is 9.98. The van der Waals surface area contributed by atoms with Crippen LogP contribution in [0, 0.1) is 0 Å². The zero-order valence-electron chi connectivity index (χ0n) is 13.9. The summed E-state index contributed by atoms with van der Waals surface area (Å²) in [6.45, 7) is 2.75. The number of ether oxygens (including phenoxy) is 2. The quantitative estimate of drug-likeness (QED) is 0.771. The Labute approximate surface area is 153 Å². The Morgan fingerprint density at radius 3 is 2.76 bits per heavy atom. The minimum Gasteiger partial charge on any atom is -0.486 e. The van der Waals surface area contributed by atoms with Gasteiger partial charge in [-0.25, -0.2) is 4.68 Å². The maximum absolute atomic E-state index is 12.0. The lowest BCUT2D eigenvalue weighted by molar-refractivity contribution is 0.171. The van der Waals surface area contributed by atoms with Gasteiger partial charge in [0.25, 0.3) is 5.56 Å². The molecule has 0 atom stereocenters. The first kappa shape index (κ1) is 16.2. The van der Waals surface area contributed by atoms with Gasteiger partial charge in [-0.2, -0.15) is 5.10 Å². The molecule has 3 heterocycles. The molecule has 0 fully saturated rings. The second-order valence-corrected chi connectivity index (χ2v) is 6.85. The van der Waals surface area contributed by atoms with Gasteiger partial charge >= 0.3 is 0 Å². The van der Waals surface area contributed by atoms with Crippen LogP contribution >= 0.6 is 15.9 Å². The van der Waals surface area contributed by atoms with E-state index in [2.05, 4.69) is 38.1 Å². The van der Waals surface area contributed by atoms with Gasteiger partial charge in [-0.15, -0.1) is 0 Å². The molecule has 0 radical (unpaired) electrons. The third-order valence-electron chi connectivity index (χ3n) is 4.52. The highest BCUT2D eigenvalue weighted by Gasteiger charge is 2.19. The molecule has 6 nitrogen and oxygen atoms in total. The molecule has 2 aliphatic heterocycles. The number of aromatic nitrogens is 2. The van der Waals surface area contributed by atoms with Crippen LogP contribution < -0.4 is 19.9 Å². The summed E-state index contributed by atoms with van der Waals surface area (Å²) >= 11 is 3.40. The van der Waals surface area contributed by atoms with Crippen molar-refractivity contribution in [1.29, 1.82) is 0 Å². The average molecular weight is 404 g/mol. The first-order valence-corrected chi connectivity index (χ1v) is 8.98. The molecule has 4 rings (SSSR count). The van der Waals surface area contributed by atoms with Crippen molar-refractivity contribution in [2.24, 2.45) is 7.05 Å². The Morgan fingerprint density at radius 1 is 1.20 bits per heavy atom. The molecule has 1 aromatic carbocycles. The second kappa shape index (κ2) is 6.55. The highest BCUT2D eigenvalue weighted by Crippen LogP contribution is 2.35. The van der Waals surface area contributed by atoms with E-state index in [0.29, 0.717) is 17.7 Å². The van der Waals surface area contributed by atoms with E-state index in [9.17, 15) is 4.79 Å². The van der Waals surface area contributed by atoms with Gasteiger partial charge < -0.3 is 14.4 Å². The molecule has 0 aliphatic carbocycles. The molecule has 130 valence electrons. The number of anilines is 1. The zero-order valence-corrected chi connectivity index (χ0v) is 15.5. The van der Waals surface area contributed by atoms with Gasteiger partial charge in [0, 0.05) is 20.1 Å². The van der Waals surface area contributed by atoms with Crippen molar-refractivity contribution >= 4 is 27.2 Å². The number of hydrogen-bond donors (Lipinski definition) is 0. The molecule has 0 unspecified atom stereocenters. The molecular formula is C18H18BrN3O3. The molecule has 2 aliphatic rings. The van der Waals surface area contributed by atoms with Crippen LogP contribution in [0.3, 0.4) is 0 Å². The van der Waals surface area contributed by atoms with Crippen molar-refractivity contribution in [3.05, 3.63) is 50.9 Å². The molecule has 25 heavy (non-hydrogen) atoms. The van der Waals surface area contributed by atoms with E-state index >= 15 is 0 Å². The topological polar surface area (TPSA) is 56.6 Å². The van der Waals surface area contributed by atoms with Crippen molar-refractivity contribution in [2.45, 2.75) is 6.42 Å². The molecule has 0 N–H and O–H groups in total. The van der Waals surface area contributed by atoms with Gasteiger partial charge in [0.2, 0.25) is 0 Å². The summed E-state index contributed by atoms with van der Waals surface area (Å²) in [6.07, 6.45) is 4.81. The van der Waals surface area contributed by atoms with Crippen LogP contribution in [0.5, 0.6) is 11.5 Å². The summed E-state index contributed by atoms with van der Waals surface area (Å²) in [7, 11) is 1.65. The highest BCUT2D eigenvalue weighted by molar-refractivity contribution is 9.10. The first-order chi connectivity index (χ1) is 12.1. The number of hydrogen-bond acceptors (Lipinski definition) is 5.